The van der Waals surface area contributed by atoms with Crippen LogP contribution in [-0.4, -0.2) is 14.8 Å². The van der Waals surface area contributed by atoms with E-state index in [1.54, 1.807) is 0 Å². The number of aromatic amines is 1. The lowest BCUT2D eigenvalue weighted by Gasteiger charge is -2.12. The fourth-order valence-corrected chi connectivity index (χ4v) is 1.60. The Morgan fingerprint density at radius 3 is 2.53 bits per heavy atom. The number of aryl methyl sites for hydroxylation is 1. The van der Waals surface area contributed by atoms with Crippen molar-refractivity contribution in [1.82, 2.24) is 14.8 Å². The van der Waals surface area contributed by atoms with Crippen LogP contribution in [0.5, 0.6) is 0 Å². The highest BCUT2D eigenvalue weighted by atomic mass is 16.1. The molecule has 1 aromatic heterocycles. The first-order chi connectivity index (χ1) is 7.88. The molecular weight excluding hydrogens is 214 g/mol. The van der Waals surface area contributed by atoms with Gasteiger partial charge in [0.1, 0.15) is 5.82 Å². The summed E-state index contributed by atoms with van der Waals surface area (Å²) in [5.41, 5.74) is 1.55. The van der Waals surface area contributed by atoms with Crippen molar-refractivity contribution < 1.29 is 0 Å². The van der Waals surface area contributed by atoms with Gasteiger partial charge < -0.3 is 0 Å². The molecule has 0 aliphatic heterocycles. The van der Waals surface area contributed by atoms with E-state index in [0.717, 1.165) is 11.3 Å². The summed E-state index contributed by atoms with van der Waals surface area (Å²) < 4.78 is 1.41. The number of aromatic nitrogens is 3. The second kappa shape index (κ2) is 3.87. The van der Waals surface area contributed by atoms with Crippen molar-refractivity contribution in [2.24, 2.45) is 0 Å². The topological polar surface area (TPSA) is 50.7 Å². The molecule has 0 saturated carbocycles. The van der Waals surface area contributed by atoms with Gasteiger partial charge in [0, 0.05) is 5.41 Å². The lowest BCUT2D eigenvalue weighted by molar-refractivity contribution is 0.543. The standard InChI is InChI=1S/C13H17N3O/c1-9-6-5-7-10(8-9)16-12(17)14-11(15-16)13(2,3)4/h5-8H,1-4H3,(H,14,15,17). The predicted molar refractivity (Wildman–Crippen MR) is 67.6 cm³/mol. The van der Waals surface area contributed by atoms with E-state index < -0.39 is 0 Å². The minimum absolute atomic E-state index is 0.158. The van der Waals surface area contributed by atoms with Crippen molar-refractivity contribution in [1.29, 1.82) is 0 Å². The maximum Gasteiger partial charge on any atom is 0.348 e. The van der Waals surface area contributed by atoms with Gasteiger partial charge in [-0.05, 0) is 24.6 Å². The van der Waals surface area contributed by atoms with Crippen LogP contribution in [0.15, 0.2) is 29.1 Å². The van der Waals surface area contributed by atoms with Crippen LogP contribution in [-0.2, 0) is 5.41 Å². The van der Waals surface area contributed by atoms with Crippen LogP contribution in [0.1, 0.15) is 32.2 Å². The minimum atomic E-state index is -0.194. The number of nitrogens with one attached hydrogen (secondary N) is 1. The van der Waals surface area contributed by atoms with E-state index in [1.165, 1.54) is 4.68 Å². The maximum atomic E-state index is 11.8. The highest BCUT2D eigenvalue weighted by molar-refractivity contribution is 5.34. The predicted octanol–water partition coefficient (Wildman–Crippen LogP) is 2.17. The average Bonchev–Trinajstić information content (AvgIpc) is 2.60. The Hall–Kier alpha value is -1.84. The zero-order valence-corrected chi connectivity index (χ0v) is 10.6. The molecule has 90 valence electrons. The third-order valence-electron chi connectivity index (χ3n) is 2.57. The van der Waals surface area contributed by atoms with Gasteiger partial charge in [0.2, 0.25) is 0 Å². The Balaban J connectivity index is 2.54. The van der Waals surface area contributed by atoms with E-state index in [2.05, 4.69) is 10.1 Å². The van der Waals surface area contributed by atoms with Crippen LogP contribution < -0.4 is 5.69 Å². The molecule has 1 aromatic carbocycles. The molecule has 4 nitrogen and oxygen atoms in total. The molecule has 0 fully saturated rings. The molecule has 1 heterocycles. The van der Waals surface area contributed by atoms with Crippen LogP contribution in [0.4, 0.5) is 0 Å². The summed E-state index contributed by atoms with van der Waals surface area (Å²) in [6, 6.07) is 7.73. The summed E-state index contributed by atoms with van der Waals surface area (Å²) >= 11 is 0. The van der Waals surface area contributed by atoms with Crippen molar-refractivity contribution in [3.05, 3.63) is 46.1 Å². The first-order valence-electron chi connectivity index (χ1n) is 5.65. The SMILES string of the molecule is Cc1cccc(-n2nc(C(C)(C)C)[nH]c2=O)c1. The van der Waals surface area contributed by atoms with Crippen molar-refractivity contribution in [2.75, 3.05) is 0 Å². The Morgan fingerprint density at radius 1 is 1.29 bits per heavy atom. The maximum absolute atomic E-state index is 11.8. The zero-order chi connectivity index (χ0) is 12.6. The van der Waals surface area contributed by atoms with Gasteiger partial charge in [-0.15, -0.1) is 5.10 Å². The highest BCUT2D eigenvalue weighted by Gasteiger charge is 2.19. The fourth-order valence-electron chi connectivity index (χ4n) is 1.60. The molecule has 0 aliphatic carbocycles. The molecule has 0 unspecified atom stereocenters. The summed E-state index contributed by atoms with van der Waals surface area (Å²) in [6.45, 7) is 8.05. The van der Waals surface area contributed by atoms with E-state index in [-0.39, 0.29) is 11.1 Å². The first-order valence-corrected chi connectivity index (χ1v) is 5.65. The molecule has 1 N–H and O–H groups in total. The van der Waals surface area contributed by atoms with Crippen LogP contribution in [0.3, 0.4) is 0 Å². The van der Waals surface area contributed by atoms with E-state index in [0.29, 0.717) is 5.82 Å². The number of nitrogens with zero attached hydrogens (tertiary/aromatic N) is 2. The Bertz CT molecular complexity index is 587. The van der Waals surface area contributed by atoms with E-state index in [1.807, 2.05) is 52.0 Å². The number of benzene rings is 1. The molecule has 17 heavy (non-hydrogen) atoms. The Kier molecular flexibility index (Phi) is 2.65. The van der Waals surface area contributed by atoms with Gasteiger partial charge in [0.15, 0.2) is 0 Å². The van der Waals surface area contributed by atoms with Crippen molar-refractivity contribution in [3.8, 4) is 5.69 Å². The van der Waals surface area contributed by atoms with Gasteiger partial charge in [-0.3, -0.25) is 4.98 Å². The lowest BCUT2D eigenvalue weighted by atomic mass is 9.96. The monoisotopic (exact) mass is 231 g/mol. The quantitative estimate of drug-likeness (QED) is 0.817. The molecule has 2 aromatic rings. The summed E-state index contributed by atoms with van der Waals surface area (Å²) in [5.74, 6) is 0.698. The van der Waals surface area contributed by atoms with Gasteiger partial charge in [0.05, 0.1) is 5.69 Å². The van der Waals surface area contributed by atoms with Gasteiger partial charge in [-0.25, -0.2) is 4.79 Å². The largest absolute Gasteiger partial charge is 0.348 e. The minimum Gasteiger partial charge on any atom is -0.292 e. The van der Waals surface area contributed by atoms with E-state index >= 15 is 0 Å². The lowest BCUT2D eigenvalue weighted by Crippen LogP contribution is -2.16. The highest BCUT2D eigenvalue weighted by Crippen LogP contribution is 2.17. The third kappa shape index (κ3) is 2.30. The van der Waals surface area contributed by atoms with Gasteiger partial charge in [0.25, 0.3) is 0 Å². The van der Waals surface area contributed by atoms with Crippen molar-refractivity contribution >= 4 is 0 Å². The summed E-state index contributed by atoms with van der Waals surface area (Å²) in [4.78, 5) is 14.6. The zero-order valence-electron chi connectivity index (χ0n) is 10.6. The average molecular weight is 231 g/mol. The third-order valence-corrected chi connectivity index (χ3v) is 2.57. The molecule has 0 aliphatic rings. The Morgan fingerprint density at radius 2 is 2.00 bits per heavy atom. The van der Waals surface area contributed by atoms with E-state index in [9.17, 15) is 4.79 Å². The molecule has 0 atom stereocenters. The smallest absolute Gasteiger partial charge is 0.292 e. The number of H-pyrrole nitrogens is 1. The summed E-state index contributed by atoms with van der Waals surface area (Å²) in [5, 5.41) is 4.34. The molecule has 0 amide bonds. The number of hydrogen-bond acceptors (Lipinski definition) is 2. The van der Waals surface area contributed by atoms with E-state index in [4.69, 9.17) is 0 Å². The first kappa shape index (κ1) is 11.6. The van der Waals surface area contributed by atoms with Gasteiger partial charge in [-0.2, -0.15) is 4.68 Å². The molecule has 4 heteroatoms. The number of rotatable bonds is 1. The van der Waals surface area contributed by atoms with Gasteiger partial charge >= 0.3 is 5.69 Å². The van der Waals surface area contributed by atoms with Crippen molar-refractivity contribution in [2.45, 2.75) is 33.1 Å². The summed E-state index contributed by atoms with van der Waals surface area (Å²) in [6.07, 6.45) is 0. The molecule has 2 rings (SSSR count). The second-order valence-corrected chi connectivity index (χ2v) is 5.28. The van der Waals surface area contributed by atoms with Crippen LogP contribution in [0, 0.1) is 6.92 Å². The molecule has 0 bridgehead atoms. The van der Waals surface area contributed by atoms with Crippen LogP contribution in [0.2, 0.25) is 0 Å². The Labute approximate surface area is 100 Å². The molecule has 0 spiro atoms. The number of hydrogen-bond donors (Lipinski definition) is 1. The normalized spacial score (nSPS) is 11.8. The molecule has 0 radical (unpaired) electrons. The van der Waals surface area contributed by atoms with Crippen LogP contribution >= 0.6 is 0 Å². The summed E-state index contributed by atoms with van der Waals surface area (Å²) in [7, 11) is 0. The molecular formula is C13H17N3O. The fraction of sp³-hybridized carbons (Fsp3) is 0.385. The van der Waals surface area contributed by atoms with Crippen molar-refractivity contribution in [3.63, 3.8) is 0 Å². The molecule has 0 saturated heterocycles. The van der Waals surface area contributed by atoms with Gasteiger partial charge in [-0.1, -0.05) is 32.9 Å². The second-order valence-electron chi connectivity index (χ2n) is 5.28. The van der Waals surface area contributed by atoms with Crippen LogP contribution in [0.25, 0.3) is 5.69 Å².